The molecule has 0 aliphatic heterocycles. The minimum absolute atomic E-state index is 0.00993. The van der Waals surface area contributed by atoms with E-state index in [1.807, 2.05) is 0 Å². The highest BCUT2D eigenvalue weighted by Gasteiger charge is 2.29. The molecular formula is C6H10Br4. The Morgan fingerprint density at radius 1 is 1.40 bits per heavy atom. The zero-order chi connectivity index (χ0) is 8.20. The van der Waals surface area contributed by atoms with Gasteiger partial charge in [-0.2, -0.15) is 0 Å². The quantitative estimate of drug-likeness (QED) is 0.611. The summed E-state index contributed by atoms with van der Waals surface area (Å²) in [6, 6.07) is 0. The summed E-state index contributed by atoms with van der Waals surface area (Å²) in [5.74, 6) is 0. The molecule has 0 nitrogen and oxygen atoms in total. The second-order valence-corrected chi connectivity index (χ2v) is 7.71. The molecule has 62 valence electrons. The van der Waals surface area contributed by atoms with Crippen LogP contribution in [0.3, 0.4) is 0 Å². The summed E-state index contributed by atoms with van der Waals surface area (Å²) < 4.78 is 0.00993. The van der Waals surface area contributed by atoms with E-state index in [-0.39, 0.29) is 3.23 Å². The molecule has 0 saturated carbocycles. The van der Waals surface area contributed by atoms with Crippen molar-refractivity contribution in [3.63, 3.8) is 0 Å². The van der Waals surface area contributed by atoms with Crippen molar-refractivity contribution < 1.29 is 0 Å². The summed E-state index contributed by atoms with van der Waals surface area (Å²) in [6.45, 7) is 2.18. The minimum Gasteiger partial charge on any atom is -0.0903 e. The maximum Gasteiger partial charge on any atom is 0.103 e. The molecule has 0 bridgehead atoms. The van der Waals surface area contributed by atoms with Gasteiger partial charge >= 0.3 is 0 Å². The summed E-state index contributed by atoms with van der Waals surface area (Å²) in [5.41, 5.74) is 0. The van der Waals surface area contributed by atoms with E-state index < -0.39 is 0 Å². The van der Waals surface area contributed by atoms with Gasteiger partial charge in [0, 0.05) is 10.2 Å². The Morgan fingerprint density at radius 2 is 1.90 bits per heavy atom. The van der Waals surface area contributed by atoms with Crippen LogP contribution in [0.1, 0.15) is 19.8 Å². The third-order valence-electron chi connectivity index (χ3n) is 1.18. The van der Waals surface area contributed by atoms with Gasteiger partial charge in [-0.05, 0) is 6.42 Å². The number of halogens is 4. The van der Waals surface area contributed by atoms with E-state index in [1.165, 1.54) is 12.8 Å². The van der Waals surface area contributed by atoms with Gasteiger partial charge in [0.25, 0.3) is 0 Å². The monoisotopic (exact) mass is 398 g/mol. The zero-order valence-corrected chi connectivity index (χ0v) is 12.1. The summed E-state index contributed by atoms with van der Waals surface area (Å²) in [4.78, 5) is 0.476. The maximum absolute atomic E-state index is 3.60. The van der Waals surface area contributed by atoms with Crippen molar-refractivity contribution in [3.05, 3.63) is 0 Å². The predicted molar refractivity (Wildman–Crippen MR) is 62.0 cm³/mol. The number of rotatable bonds is 4. The van der Waals surface area contributed by atoms with Crippen molar-refractivity contribution in [2.24, 2.45) is 0 Å². The second kappa shape index (κ2) is 5.55. The molecule has 1 unspecified atom stereocenters. The summed E-state index contributed by atoms with van der Waals surface area (Å²) in [5, 5.41) is 0.899. The molecule has 0 aromatic heterocycles. The van der Waals surface area contributed by atoms with Crippen molar-refractivity contribution in [1.82, 2.24) is 0 Å². The lowest BCUT2D eigenvalue weighted by Gasteiger charge is -2.23. The van der Waals surface area contributed by atoms with Gasteiger partial charge in [-0.3, -0.25) is 0 Å². The van der Waals surface area contributed by atoms with Gasteiger partial charge in [0.15, 0.2) is 0 Å². The fourth-order valence-corrected chi connectivity index (χ4v) is 2.45. The highest BCUT2D eigenvalue weighted by atomic mass is 79.9. The Bertz CT molecular complexity index is 91.7. The Hall–Kier alpha value is 1.92. The van der Waals surface area contributed by atoms with Crippen LogP contribution in [-0.4, -0.2) is 13.4 Å². The molecule has 0 amide bonds. The van der Waals surface area contributed by atoms with Crippen LogP contribution in [0, 0.1) is 0 Å². The third kappa shape index (κ3) is 4.07. The highest BCUT2D eigenvalue weighted by molar-refractivity contribution is 9.27. The molecule has 0 N–H and O–H groups in total. The molecule has 0 aromatic carbocycles. The molecular weight excluding hydrogens is 392 g/mol. The fourth-order valence-electron chi connectivity index (χ4n) is 0.548. The lowest BCUT2D eigenvalue weighted by molar-refractivity contribution is 0.733. The molecule has 0 saturated heterocycles. The first-order valence-electron chi connectivity index (χ1n) is 3.12. The van der Waals surface area contributed by atoms with Crippen LogP contribution in [-0.2, 0) is 0 Å². The number of alkyl halides is 4. The zero-order valence-electron chi connectivity index (χ0n) is 5.71. The lowest BCUT2D eigenvalue weighted by Crippen LogP contribution is -2.26. The Labute approximate surface area is 96.0 Å². The summed E-state index contributed by atoms with van der Waals surface area (Å²) in [6.07, 6.45) is 2.37. The number of hydrogen-bond donors (Lipinski definition) is 0. The standard InChI is InChI=1S/C6H10Br4/c1-2-3-5(8)6(9,10)4-7/h5H,2-4H2,1H3. The van der Waals surface area contributed by atoms with Crippen molar-refractivity contribution in [3.8, 4) is 0 Å². The average molecular weight is 402 g/mol. The first-order valence-corrected chi connectivity index (χ1v) is 6.74. The molecule has 0 heterocycles. The second-order valence-electron chi connectivity index (χ2n) is 2.15. The molecule has 1 atom stereocenters. The molecule has 0 rings (SSSR count). The minimum atomic E-state index is 0.00993. The molecule has 0 fully saturated rings. The van der Waals surface area contributed by atoms with Gasteiger partial charge in [0.05, 0.1) is 0 Å². The van der Waals surface area contributed by atoms with Crippen LogP contribution in [0.15, 0.2) is 0 Å². The molecule has 10 heavy (non-hydrogen) atoms. The maximum atomic E-state index is 3.60. The molecule has 0 aliphatic rings. The van der Waals surface area contributed by atoms with Crippen LogP contribution >= 0.6 is 63.7 Å². The van der Waals surface area contributed by atoms with E-state index in [2.05, 4.69) is 70.6 Å². The van der Waals surface area contributed by atoms with Gasteiger partial charge in [-0.15, -0.1) is 0 Å². The van der Waals surface area contributed by atoms with Crippen molar-refractivity contribution >= 4 is 63.7 Å². The van der Waals surface area contributed by atoms with Crippen molar-refractivity contribution in [2.75, 3.05) is 5.33 Å². The van der Waals surface area contributed by atoms with E-state index in [9.17, 15) is 0 Å². The summed E-state index contributed by atoms with van der Waals surface area (Å²) in [7, 11) is 0. The van der Waals surface area contributed by atoms with E-state index in [0.717, 1.165) is 5.33 Å². The van der Waals surface area contributed by atoms with Gasteiger partial charge in [-0.1, -0.05) is 77.1 Å². The topological polar surface area (TPSA) is 0 Å². The van der Waals surface area contributed by atoms with Crippen LogP contribution in [0.25, 0.3) is 0 Å². The molecule has 0 radical (unpaired) electrons. The van der Waals surface area contributed by atoms with Crippen LogP contribution in [0.2, 0.25) is 0 Å². The van der Waals surface area contributed by atoms with E-state index in [0.29, 0.717) is 4.83 Å². The predicted octanol–water partition coefficient (Wildman–Crippen LogP) is 4.43. The first-order chi connectivity index (χ1) is 4.54. The van der Waals surface area contributed by atoms with E-state index in [4.69, 9.17) is 0 Å². The van der Waals surface area contributed by atoms with Crippen molar-refractivity contribution in [2.45, 2.75) is 27.8 Å². The first kappa shape index (κ1) is 11.9. The van der Waals surface area contributed by atoms with Crippen LogP contribution in [0.4, 0.5) is 0 Å². The summed E-state index contributed by atoms with van der Waals surface area (Å²) >= 11 is 14.2. The van der Waals surface area contributed by atoms with Crippen LogP contribution in [0.5, 0.6) is 0 Å². The Balaban J connectivity index is 3.78. The largest absolute Gasteiger partial charge is 0.103 e. The average Bonchev–Trinajstić information content (AvgIpc) is 1.89. The van der Waals surface area contributed by atoms with Crippen molar-refractivity contribution in [1.29, 1.82) is 0 Å². The normalized spacial score (nSPS) is 15.3. The van der Waals surface area contributed by atoms with Gasteiger partial charge in [-0.25, -0.2) is 0 Å². The highest BCUT2D eigenvalue weighted by Crippen LogP contribution is 2.38. The van der Waals surface area contributed by atoms with E-state index >= 15 is 0 Å². The third-order valence-corrected chi connectivity index (χ3v) is 7.70. The smallest absolute Gasteiger partial charge is 0.0903 e. The SMILES string of the molecule is CCCC(Br)C(Br)(Br)CBr. The Morgan fingerprint density at radius 3 is 2.20 bits per heavy atom. The molecule has 0 spiro atoms. The fraction of sp³-hybridized carbons (Fsp3) is 1.00. The molecule has 4 heteroatoms. The number of hydrogen-bond acceptors (Lipinski definition) is 0. The van der Waals surface area contributed by atoms with Gasteiger partial charge < -0.3 is 0 Å². The Kier molecular flexibility index (Phi) is 6.61. The molecule has 0 aromatic rings. The van der Waals surface area contributed by atoms with Gasteiger partial charge in [0.1, 0.15) is 3.23 Å². The van der Waals surface area contributed by atoms with Gasteiger partial charge in [0.2, 0.25) is 0 Å². The van der Waals surface area contributed by atoms with E-state index in [1.54, 1.807) is 0 Å². The lowest BCUT2D eigenvalue weighted by atomic mass is 10.2. The van der Waals surface area contributed by atoms with Crippen LogP contribution < -0.4 is 0 Å². The molecule has 0 aliphatic carbocycles.